The van der Waals surface area contributed by atoms with E-state index in [2.05, 4.69) is 9.47 Å². The molecule has 0 rings (SSSR count). The summed E-state index contributed by atoms with van der Waals surface area (Å²) in [6.07, 6.45) is 1.28. The van der Waals surface area contributed by atoms with E-state index in [-0.39, 0.29) is 62.8 Å². The zero-order valence-corrected chi connectivity index (χ0v) is 21.7. The van der Waals surface area contributed by atoms with Gasteiger partial charge in [-0.05, 0) is 54.4 Å². The van der Waals surface area contributed by atoms with Crippen LogP contribution in [0.5, 0.6) is 0 Å². The Balaban J connectivity index is -0.0000000907. The summed E-state index contributed by atoms with van der Waals surface area (Å²) in [4.78, 5) is 41.3. The number of ether oxygens (including phenoxy) is 2. The topological polar surface area (TPSA) is 127 Å². The Morgan fingerprint density at radius 2 is 0.897 bits per heavy atom. The first-order chi connectivity index (χ1) is 12.9. The average Bonchev–Trinajstić information content (AvgIpc) is 2.55. The Morgan fingerprint density at radius 3 is 1.00 bits per heavy atom. The third kappa shape index (κ3) is 58.4. The maximum atomic E-state index is 10.4. The average molecular weight is 500 g/mol. The molecule has 0 bridgehead atoms. The molecule has 2 N–H and O–H groups in total. The number of carbonyl (C=O) groups is 4. The van der Waals surface area contributed by atoms with Crippen LogP contribution >= 0.6 is 0 Å². The molecule has 0 saturated heterocycles. The molecule has 29 heavy (non-hydrogen) atoms. The standard InChI is InChI=1S/2C6H10O3.2C4H10O.Zr/c2*1-3-9-6(8)4-5(2)7;2*1-3-4(2)5;/h2*3-4H2,1-2H3;2*4-5H,3H2,1-2H3;. The van der Waals surface area contributed by atoms with Crippen molar-refractivity contribution < 1.29 is 65.1 Å². The van der Waals surface area contributed by atoms with Gasteiger partial charge in [-0.2, -0.15) is 0 Å². The number of Topliss-reactive ketones (excluding diaryl/α,β-unsaturated/α-hetero) is 2. The number of carbonyl (C=O) groups excluding carboxylic acids is 4. The minimum absolute atomic E-state index is 0. The molecule has 0 saturated carbocycles. The van der Waals surface area contributed by atoms with Gasteiger partial charge in [-0.3, -0.25) is 19.2 Å². The quantitative estimate of drug-likeness (QED) is 0.385. The van der Waals surface area contributed by atoms with Crippen LogP contribution in [-0.4, -0.2) is 59.1 Å². The second-order valence-corrected chi connectivity index (χ2v) is 5.88. The van der Waals surface area contributed by atoms with Crippen LogP contribution < -0.4 is 0 Å². The molecule has 0 spiro atoms. The van der Waals surface area contributed by atoms with Crippen LogP contribution in [-0.2, 0) is 54.9 Å². The van der Waals surface area contributed by atoms with Crippen LogP contribution in [0.1, 0.15) is 81.1 Å². The zero-order chi connectivity index (χ0) is 23.1. The summed E-state index contributed by atoms with van der Waals surface area (Å²) in [6.45, 7) is 14.3. The number of aliphatic hydroxyl groups is 2. The van der Waals surface area contributed by atoms with Gasteiger partial charge in [-0.1, -0.05) is 13.8 Å². The summed E-state index contributed by atoms with van der Waals surface area (Å²) in [6, 6.07) is 0. The first-order valence-electron chi connectivity index (χ1n) is 9.53. The van der Waals surface area contributed by atoms with E-state index in [1.54, 1.807) is 27.7 Å². The van der Waals surface area contributed by atoms with Crippen LogP contribution in [0.3, 0.4) is 0 Å². The summed E-state index contributed by atoms with van der Waals surface area (Å²) >= 11 is 0. The van der Waals surface area contributed by atoms with Gasteiger partial charge in [-0.15, -0.1) is 0 Å². The maximum Gasteiger partial charge on any atom is 0.313 e. The Kier molecular flexibility index (Phi) is 39.0. The molecule has 0 amide bonds. The van der Waals surface area contributed by atoms with Crippen molar-refractivity contribution in [2.24, 2.45) is 0 Å². The van der Waals surface area contributed by atoms with E-state index in [0.717, 1.165) is 12.8 Å². The second-order valence-electron chi connectivity index (χ2n) is 5.88. The number of esters is 2. The first kappa shape index (κ1) is 38.7. The van der Waals surface area contributed by atoms with E-state index >= 15 is 0 Å². The number of aliphatic hydroxyl groups excluding tert-OH is 2. The van der Waals surface area contributed by atoms with E-state index in [1.807, 2.05) is 13.8 Å². The molecule has 0 aliphatic carbocycles. The van der Waals surface area contributed by atoms with Gasteiger partial charge in [0.25, 0.3) is 0 Å². The van der Waals surface area contributed by atoms with Crippen molar-refractivity contribution in [3.05, 3.63) is 0 Å². The molecule has 0 aromatic rings. The molecule has 0 aliphatic rings. The third-order valence-electron chi connectivity index (χ3n) is 2.58. The summed E-state index contributed by atoms with van der Waals surface area (Å²) < 4.78 is 8.99. The minimum Gasteiger partial charge on any atom is -0.466 e. The van der Waals surface area contributed by atoms with Crippen molar-refractivity contribution >= 4 is 23.5 Å². The van der Waals surface area contributed by atoms with Crippen molar-refractivity contribution in [2.45, 2.75) is 93.3 Å². The predicted octanol–water partition coefficient (Wildman–Crippen LogP) is 2.61. The van der Waals surface area contributed by atoms with Gasteiger partial charge in [0.15, 0.2) is 0 Å². The van der Waals surface area contributed by atoms with Crippen LogP contribution in [0.25, 0.3) is 0 Å². The second kappa shape index (κ2) is 29.3. The van der Waals surface area contributed by atoms with E-state index in [0.29, 0.717) is 13.2 Å². The molecule has 0 aliphatic heterocycles. The summed E-state index contributed by atoms with van der Waals surface area (Å²) in [7, 11) is 0. The Hall–Kier alpha value is -0.917. The molecule has 0 aromatic carbocycles. The normalized spacial score (nSPS) is 10.6. The summed E-state index contributed by atoms with van der Waals surface area (Å²) in [5.74, 6) is -1.20. The smallest absolute Gasteiger partial charge is 0.313 e. The van der Waals surface area contributed by atoms with Crippen molar-refractivity contribution in [3.63, 3.8) is 0 Å². The van der Waals surface area contributed by atoms with E-state index in [9.17, 15) is 19.2 Å². The van der Waals surface area contributed by atoms with E-state index in [4.69, 9.17) is 10.2 Å². The van der Waals surface area contributed by atoms with Crippen molar-refractivity contribution in [3.8, 4) is 0 Å². The summed E-state index contributed by atoms with van der Waals surface area (Å²) in [5, 5.41) is 16.7. The molecule has 8 nitrogen and oxygen atoms in total. The van der Waals surface area contributed by atoms with Gasteiger partial charge >= 0.3 is 11.9 Å². The summed E-state index contributed by atoms with van der Waals surface area (Å²) in [5.41, 5.74) is 0. The maximum absolute atomic E-state index is 10.4. The molecular formula is C20H40O8Zr. The number of hydrogen-bond donors (Lipinski definition) is 2. The van der Waals surface area contributed by atoms with E-state index < -0.39 is 11.9 Å². The number of hydrogen-bond acceptors (Lipinski definition) is 8. The fraction of sp³-hybridized carbons (Fsp3) is 0.800. The largest absolute Gasteiger partial charge is 0.466 e. The van der Waals surface area contributed by atoms with Crippen molar-refractivity contribution in [2.75, 3.05) is 13.2 Å². The molecule has 9 heteroatoms. The van der Waals surface area contributed by atoms with Gasteiger partial charge in [0.05, 0.1) is 25.4 Å². The van der Waals surface area contributed by atoms with Gasteiger partial charge in [-0.25, -0.2) is 0 Å². The first-order valence-corrected chi connectivity index (χ1v) is 9.53. The van der Waals surface area contributed by atoms with Crippen LogP contribution in [0.2, 0.25) is 0 Å². The minimum atomic E-state index is -0.440. The molecule has 0 radical (unpaired) electrons. The van der Waals surface area contributed by atoms with Crippen LogP contribution in [0.15, 0.2) is 0 Å². The molecular weight excluding hydrogens is 459 g/mol. The zero-order valence-electron chi connectivity index (χ0n) is 19.2. The predicted molar refractivity (Wildman–Crippen MR) is 108 cm³/mol. The monoisotopic (exact) mass is 498 g/mol. The SMILES string of the molecule is CCC(C)O.CCC(C)O.CCOC(=O)CC(C)=O.CCOC(=O)CC(C)=O.[Zr]. The number of ketones is 2. The Labute approximate surface area is 194 Å². The van der Waals surface area contributed by atoms with Gasteiger partial charge in [0, 0.05) is 26.2 Å². The molecule has 0 fully saturated rings. The third-order valence-corrected chi connectivity index (χ3v) is 2.58. The Bertz CT molecular complexity index is 371. The number of rotatable bonds is 8. The van der Waals surface area contributed by atoms with Gasteiger partial charge < -0.3 is 19.7 Å². The fourth-order valence-electron chi connectivity index (χ4n) is 0.831. The van der Waals surface area contributed by atoms with Gasteiger partial charge in [0.2, 0.25) is 0 Å². The van der Waals surface area contributed by atoms with Gasteiger partial charge in [0.1, 0.15) is 24.4 Å². The van der Waals surface area contributed by atoms with Crippen molar-refractivity contribution in [1.82, 2.24) is 0 Å². The van der Waals surface area contributed by atoms with E-state index in [1.165, 1.54) is 13.8 Å². The molecule has 2 atom stereocenters. The van der Waals surface area contributed by atoms with Crippen LogP contribution in [0.4, 0.5) is 0 Å². The molecule has 172 valence electrons. The van der Waals surface area contributed by atoms with Crippen molar-refractivity contribution in [1.29, 1.82) is 0 Å². The Morgan fingerprint density at radius 1 is 0.690 bits per heavy atom. The molecule has 0 aromatic heterocycles. The molecule has 0 heterocycles. The molecule has 2 unspecified atom stereocenters. The van der Waals surface area contributed by atoms with Crippen LogP contribution in [0, 0.1) is 0 Å². The fourth-order valence-corrected chi connectivity index (χ4v) is 0.831.